The van der Waals surface area contributed by atoms with E-state index in [9.17, 15) is 0 Å². The molecule has 0 spiro atoms. The first kappa shape index (κ1) is 11.0. The molecule has 2 N–H and O–H groups in total. The van der Waals surface area contributed by atoms with Crippen LogP contribution in [0, 0.1) is 11.3 Å². The van der Waals surface area contributed by atoms with Crippen molar-refractivity contribution in [1.29, 1.82) is 0 Å². The van der Waals surface area contributed by atoms with E-state index in [1.54, 1.807) is 0 Å². The third-order valence-corrected chi connectivity index (χ3v) is 3.19. The second kappa shape index (κ2) is 4.45. The van der Waals surface area contributed by atoms with Crippen LogP contribution in [0.5, 0.6) is 0 Å². The summed E-state index contributed by atoms with van der Waals surface area (Å²) in [6, 6.07) is 0.358. The minimum atomic E-state index is 0.358. The fraction of sp³-hybridized carbons (Fsp3) is 1.00. The van der Waals surface area contributed by atoms with E-state index in [2.05, 4.69) is 20.8 Å². The Balaban J connectivity index is 2.31. The van der Waals surface area contributed by atoms with Gasteiger partial charge in [0, 0.05) is 6.04 Å². The van der Waals surface area contributed by atoms with E-state index in [4.69, 9.17) is 5.73 Å². The summed E-state index contributed by atoms with van der Waals surface area (Å²) < 4.78 is 0. The summed E-state index contributed by atoms with van der Waals surface area (Å²) in [5, 5.41) is 0. The second-order valence-electron chi connectivity index (χ2n) is 5.70. The van der Waals surface area contributed by atoms with Crippen LogP contribution in [0.25, 0.3) is 0 Å². The Bertz CT molecular complexity index is 143. The summed E-state index contributed by atoms with van der Waals surface area (Å²) in [7, 11) is 0. The molecule has 1 saturated carbocycles. The molecule has 1 aliphatic carbocycles. The number of hydrogen-bond acceptors (Lipinski definition) is 1. The predicted octanol–water partition coefficient (Wildman–Crippen LogP) is 3.33. The zero-order chi connectivity index (χ0) is 9.90. The van der Waals surface area contributed by atoms with Crippen LogP contribution in [0.15, 0.2) is 0 Å². The maximum Gasteiger partial charge on any atom is 0.00155 e. The quantitative estimate of drug-likeness (QED) is 0.711. The summed E-state index contributed by atoms with van der Waals surface area (Å²) in [4.78, 5) is 0. The molecule has 13 heavy (non-hydrogen) atoms. The van der Waals surface area contributed by atoms with Crippen LogP contribution >= 0.6 is 0 Å². The van der Waals surface area contributed by atoms with Crippen LogP contribution in [0.3, 0.4) is 0 Å². The van der Waals surface area contributed by atoms with Gasteiger partial charge in [0.05, 0.1) is 0 Å². The van der Waals surface area contributed by atoms with Gasteiger partial charge in [-0.15, -0.1) is 0 Å². The van der Waals surface area contributed by atoms with Crippen molar-refractivity contribution in [3.05, 3.63) is 0 Å². The molecule has 0 aliphatic heterocycles. The van der Waals surface area contributed by atoms with Gasteiger partial charge in [-0.1, -0.05) is 39.5 Å². The van der Waals surface area contributed by atoms with Crippen molar-refractivity contribution in [3.8, 4) is 0 Å². The highest BCUT2D eigenvalue weighted by molar-refractivity contribution is 4.79. The molecule has 78 valence electrons. The monoisotopic (exact) mass is 183 g/mol. The molecule has 0 bridgehead atoms. The van der Waals surface area contributed by atoms with Gasteiger partial charge in [-0.05, 0) is 31.1 Å². The van der Waals surface area contributed by atoms with E-state index in [1.165, 1.54) is 38.5 Å². The lowest BCUT2D eigenvalue weighted by molar-refractivity contribution is 0.236. The Kier molecular flexibility index (Phi) is 3.78. The van der Waals surface area contributed by atoms with Gasteiger partial charge < -0.3 is 5.73 Å². The van der Waals surface area contributed by atoms with Gasteiger partial charge in [0.1, 0.15) is 0 Å². The van der Waals surface area contributed by atoms with Gasteiger partial charge in [0.25, 0.3) is 0 Å². The molecule has 1 nitrogen and oxygen atoms in total. The summed E-state index contributed by atoms with van der Waals surface area (Å²) in [6.07, 6.45) is 8.39. The molecule has 0 amide bonds. The molecule has 1 heteroatoms. The minimum absolute atomic E-state index is 0.358. The van der Waals surface area contributed by atoms with Gasteiger partial charge in [0.15, 0.2) is 0 Å². The third-order valence-electron chi connectivity index (χ3n) is 3.19. The molecule has 0 aromatic carbocycles. The summed E-state index contributed by atoms with van der Waals surface area (Å²) in [5.74, 6) is 0.994. The van der Waals surface area contributed by atoms with Gasteiger partial charge in [0.2, 0.25) is 0 Å². The van der Waals surface area contributed by atoms with Crippen molar-refractivity contribution in [2.24, 2.45) is 17.1 Å². The molecule has 1 aliphatic rings. The molecule has 1 unspecified atom stereocenters. The van der Waals surface area contributed by atoms with E-state index in [0.29, 0.717) is 11.5 Å². The largest absolute Gasteiger partial charge is 0.328 e. The molecule has 0 saturated heterocycles. The highest BCUT2D eigenvalue weighted by atomic mass is 14.6. The predicted molar refractivity (Wildman–Crippen MR) is 58.6 cm³/mol. The summed E-state index contributed by atoms with van der Waals surface area (Å²) >= 11 is 0. The van der Waals surface area contributed by atoms with Crippen molar-refractivity contribution < 1.29 is 0 Å². The zero-order valence-corrected chi connectivity index (χ0v) is 9.47. The van der Waals surface area contributed by atoms with Crippen LogP contribution in [-0.4, -0.2) is 6.04 Å². The highest BCUT2D eigenvalue weighted by Crippen LogP contribution is 2.37. The van der Waals surface area contributed by atoms with Crippen LogP contribution in [0.2, 0.25) is 0 Å². The fourth-order valence-electron chi connectivity index (χ4n) is 2.95. The lowest BCUT2D eigenvalue weighted by Crippen LogP contribution is -2.26. The average molecular weight is 183 g/mol. The lowest BCUT2D eigenvalue weighted by Gasteiger charge is -2.29. The Hall–Kier alpha value is -0.0400. The molecule has 0 aromatic heterocycles. The van der Waals surface area contributed by atoms with Crippen LogP contribution in [0.1, 0.15) is 59.3 Å². The SMILES string of the molecule is CC(N)CC(C)(C)CC1CCCC1. The number of nitrogens with two attached hydrogens (primary N) is 1. The second-order valence-corrected chi connectivity index (χ2v) is 5.70. The van der Waals surface area contributed by atoms with E-state index >= 15 is 0 Å². The maximum atomic E-state index is 5.85. The Labute approximate surface area is 83.1 Å². The molecule has 1 atom stereocenters. The topological polar surface area (TPSA) is 26.0 Å². The molecule has 1 rings (SSSR count). The van der Waals surface area contributed by atoms with E-state index in [-0.39, 0.29) is 0 Å². The summed E-state index contributed by atoms with van der Waals surface area (Å²) in [6.45, 7) is 6.86. The van der Waals surface area contributed by atoms with Crippen molar-refractivity contribution in [3.63, 3.8) is 0 Å². The molecular weight excluding hydrogens is 158 g/mol. The van der Waals surface area contributed by atoms with Gasteiger partial charge >= 0.3 is 0 Å². The average Bonchev–Trinajstić information content (AvgIpc) is 2.34. The van der Waals surface area contributed by atoms with Crippen molar-refractivity contribution in [2.75, 3.05) is 0 Å². The van der Waals surface area contributed by atoms with Gasteiger partial charge in [-0.2, -0.15) is 0 Å². The normalized spacial score (nSPS) is 22.2. The molecular formula is C12H25N. The van der Waals surface area contributed by atoms with Crippen molar-refractivity contribution >= 4 is 0 Å². The molecule has 1 fully saturated rings. The van der Waals surface area contributed by atoms with E-state index in [1.807, 2.05) is 0 Å². The third kappa shape index (κ3) is 4.12. The van der Waals surface area contributed by atoms with Crippen LogP contribution in [-0.2, 0) is 0 Å². The van der Waals surface area contributed by atoms with Gasteiger partial charge in [-0.25, -0.2) is 0 Å². The highest BCUT2D eigenvalue weighted by Gasteiger charge is 2.26. The Morgan fingerprint density at radius 1 is 1.31 bits per heavy atom. The Morgan fingerprint density at radius 3 is 2.31 bits per heavy atom. The minimum Gasteiger partial charge on any atom is -0.328 e. The van der Waals surface area contributed by atoms with Crippen molar-refractivity contribution in [2.45, 2.75) is 65.3 Å². The van der Waals surface area contributed by atoms with E-state index < -0.39 is 0 Å². The molecule has 0 radical (unpaired) electrons. The van der Waals surface area contributed by atoms with Crippen LogP contribution in [0.4, 0.5) is 0 Å². The van der Waals surface area contributed by atoms with Crippen LogP contribution < -0.4 is 5.73 Å². The lowest BCUT2D eigenvalue weighted by atomic mass is 9.78. The first-order chi connectivity index (χ1) is 5.99. The molecule has 0 aromatic rings. The fourth-order valence-corrected chi connectivity index (χ4v) is 2.95. The first-order valence-electron chi connectivity index (χ1n) is 5.75. The van der Waals surface area contributed by atoms with E-state index in [0.717, 1.165) is 5.92 Å². The Morgan fingerprint density at radius 2 is 1.85 bits per heavy atom. The summed E-state index contributed by atoms with van der Waals surface area (Å²) in [5.41, 5.74) is 6.31. The van der Waals surface area contributed by atoms with Gasteiger partial charge in [-0.3, -0.25) is 0 Å². The smallest absolute Gasteiger partial charge is 0.00155 e. The first-order valence-corrected chi connectivity index (χ1v) is 5.75. The standard InChI is InChI=1S/C12H25N/c1-10(13)8-12(2,3)9-11-6-4-5-7-11/h10-11H,4-9,13H2,1-3H3. The zero-order valence-electron chi connectivity index (χ0n) is 9.47. The number of rotatable bonds is 4. The molecule has 0 heterocycles. The van der Waals surface area contributed by atoms with Crippen molar-refractivity contribution in [1.82, 2.24) is 0 Å². The number of hydrogen-bond donors (Lipinski definition) is 1. The maximum absolute atomic E-state index is 5.85.